The second kappa shape index (κ2) is 8.28. The smallest absolute Gasteiger partial charge is 0.265 e. The standard InChI is InChI=1S/C22H22N4O4/c1-2-8-24-20(27)12-26-18-11-16(5-6-19(18)30-13-21(26)28)25-22(29)15-4-3-14-7-9-23-17(14)10-15/h3-7,9-11,23H,2,8,12-13H2,1H3,(H,24,27)(H,25,29). The van der Waals surface area contributed by atoms with Crippen LogP contribution in [0.3, 0.4) is 0 Å². The minimum absolute atomic E-state index is 0.101. The molecule has 0 saturated carbocycles. The highest BCUT2D eigenvalue weighted by molar-refractivity contribution is 6.07. The third-order valence-corrected chi connectivity index (χ3v) is 4.85. The lowest BCUT2D eigenvalue weighted by Gasteiger charge is -2.29. The average molecular weight is 406 g/mol. The van der Waals surface area contributed by atoms with E-state index in [-0.39, 0.29) is 30.9 Å². The van der Waals surface area contributed by atoms with Gasteiger partial charge in [-0.25, -0.2) is 0 Å². The minimum atomic E-state index is -0.310. The van der Waals surface area contributed by atoms with Crippen LogP contribution in [0.5, 0.6) is 5.75 Å². The molecular weight excluding hydrogens is 384 g/mol. The van der Waals surface area contributed by atoms with Gasteiger partial charge in [-0.2, -0.15) is 0 Å². The van der Waals surface area contributed by atoms with Gasteiger partial charge in [-0.3, -0.25) is 19.3 Å². The number of benzene rings is 2. The van der Waals surface area contributed by atoms with Crippen molar-refractivity contribution in [3.05, 3.63) is 54.2 Å². The van der Waals surface area contributed by atoms with Gasteiger partial charge in [0.05, 0.1) is 5.69 Å². The first-order valence-electron chi connectivity index (χ1n) is 9.77. The topological polar surface area (TPSA) is 104 Å². The number of carbonyl (C=O) groups excluding carboxylic acids is 3. The van der Waals surface area contributed by atoms with Crippen molar-refractivity contribution in [1.29, 1.82) is 0 Å². The molecule has 0 fully saturated rings. The second-order valence-electron chi connectivity index (χ2n) is 7.03. The number of nitrogens with one attached hydrogen (secondary N) is 3. The number of hydrogen-bond donors (Lipinski definition) is 3. The number of hydrogen-bond acceptors (Lipinski definition) is 4. The molecule has 2 aromatic carbocycles. The Kier molecular flexibility index (Phi) is 5.38. The lowest BCUT2D eigenvalue weighted by Crippen LogP contribution is -2.45. The van der Waals surface area contributed by atoms with Crippen LogP contribution >= 0.6 is 0 Å². The molecule has 3 amide bonds. The molecule has 3 aromatic rings. The van der Waals surface area contributed by atoms with Gasteiger partial charge in [0.15, 0.2) is 6.61 Å². The Morgan fingerprint density at radius 2 is 2.03 bits per heavy atom. The average Bonchev–Trinajstić information content (AvgIpc) is 3.22. The number of fused-ring (bicyclic) bond motifs is 2. The third kappa shape index (κ3) is 3.98. The molecule has 8 nitrogen and oxygen atoms in total. The molecular formula is C22H22N4O4. The summed E-state index contributed by atoms with van der Waals surface area (Å²) in [6, 6.07) is 12.4. The molecule has 2 heterocycles. The fraction of sp³-hybridized carbons (Fsp3) is 0.227. The summed E-state index contributed by atoms with van der Waals surface area (Å²) >= 11 is 0. The van der Waals surface area contributed by atoms with Crippen molar-refractivity contribution in [3.63, 3.8) is 0 Å². The van der Waals surface area contributed by atoms with Crippen LogP contribution in [0, 0.1) is 0 Å². The number of anilines is 2. The number of aromatic amines is 1. The zero-order valence-electron chi connectivity index (χ0n) is 16.5. The molecule has 0 spiro atoms. The van der Waals surface area contributed by atoms with Crippen LogP contribution in [0.15, 0.2) is 48.7 Å². The molecule has 1 aromatic heterocycles. The summed E-state index contributed by atoms with van der Waals surface area (Å²) in [7, 11) is 0. The molecule has 0 unspecified atom stereocenters. The second-order valence-corrected chi connectivity index (χ2v) is 7.03. The summed E-state index contributed by atoms with van der Waals surface area (Å²) in [6.07, 6.45) is 2.63. The van der Waals surface area contributed by atoms with Crippen molar-refractivity contribution in [1.82, 2.24) is 10.3 Å². The van der Waals surface area contributed by atoms with E-state index >= 15 is 0 Å². The molecule has 154 valence electrons. The number of aromatic nitrogens is 1. The van der Waals surface area contributed by atoms with Crippen LogP contribution in [-0.4, -0.2) is 42.4 Å². The molecule has 30 heavy (non-hydrogen) atoms. The predicted molar refractivity (Wildman–Crippen MR) is 114 cm³/mol. The van der Waals surface area contributed by atoms with Gasteiger partial charge in [0.1, 0.15) is 12.3 Å². The number of rotatable bonds is 6. The number of amides is 3. The van der Waals surface area contributed by atoms with Gasteiger partial charge in [-0.15, -0.1) is 0 Å². The molecule has 0 radical (unpaired) electrons. The van der Waals surface area contributed by atoms with Crippen LogP contribution in [0.2, 0.25) is 0 Å². The highest BCUT2D eigenvalue weighted by Gasteiger charge is 2.27. The van der Waals surface area contributed by atoms with Gasteiger partial charge in [0.25, 0.3) is 11.8 Å². The zero-order chi connectivity index (χ0) is 21.1. The van der Waals surface area contributed by atoms with Gasteiger partial charge in [-0.1, -0.05) is 13.0 Å². The number of ether oxygens (including phenoxy) is 1. The molecule has 4 rings (SSSR count). The summed E-state index contributed by atoms with van der Waals surface area (Å²) in [5, 5.41) is 6.63. The zero-order valence-corrected chi connectivity index (χ0v) is 16.5. The number of nitrogens with zero attached hydrogens (tertiary/aromatic N) is 1. The molecule has 0 atom stereocenters. The lowest BCUT2D eigenvalue weighted by atomic mass is 10.1. The quantitative estimate of drug-likeness (QED) is 0.585. The van der Waals surface area contributed by atoms with E-state index in [2.05, 4.69) is 15.6 Å². The maximum atomic E-state index is 12.7. The van der Waals surface area contributed by atoms with Crippen LogP contribution < -0.4 is 20.3 Å². The monoisotopic (exact) mass is 406 g/mol. The van der Waals surface area contributed by atoms with Gasteiger partial charge in [0.2, 0.25) is 5.91 Å². The summed E-state index contributed by atoms with van der Waals surface area (Å²) in [4.78, 5) is 41.6. The largest absolute Gasteiger partial charge is 0.482 e. The van der Waals surface area contributed by atoms with E-state index in [1.165, 1.54) is 4.90 Å². The lowest BCUT2D eigenvalue weighted by molar-refractivity contribution is -0.125. The first kappa shape index (κ1) is 19.5. The maximum Gasteiger partial charge on any atom is 0.265 e. The van der Waals surface area contributed by atoms with Crippen molar-refractivity contribution in [2.75, 3.05) is 29.9 Å². The molecule has 1 aliphatic rings. The molecule has 1 aliphatic heterocycles. The van der Waals surface area contributed by atoms with Gasteiger partial charge < -0.3 is 20.4 Å². The highest BCUT2D eigenvalue weighted by Crippen LogP contribution is 2.34. The van der Waals surface area contributed by atoms with E-state index < -0.39 is 0 Å². The van der Waals surface area contributed by atoms with Crippen LogP contribution in [0.1, 0.15) is 23.7 Å². The third-order valence-electron chi connectivity index (χ3n) is 4.85. The minimum Gasteiger partial charge on any atom is -0.482 e. The molecule has 0 bridgehead atoms. The van der Waals surface area contributed by atoms with Crippen LogP contribution in [0.4, 0.5) is 11.4 Å². The van der Waals surface area contributed by atoms with E-state index in [4.69, 9.17) is 4.74 Å². The van der Waals surface area contributed by atoms with E-state index in [1.54, 1.807) is 30.3 Å². The Labute approximate surface area is 173 Å². The summed E-state index contributed by atoms with van der Waals surface area (Å²) in [5.74, 6) is -0.341. The Morgan fingerprint density at radius 1 is 1.17 bits per heavy atom. The predicted octanol–water partition coefficient (Wildman–Crippen LogP) is 2.67. The Balaban J connectivity index is 1.54. The fourth-order valence-electron chi connectivity index (χ4n) is 3.31. The Bertz CT molecular complexity index is 1120. The van der Waals surface area contributed by atoms with Gasteiger partial charge in [0, 0.05) is 29.5 Å². The van der Waals surface area contributed by atoms with E-state index in [0.717, 1.165) is 17.3 Å². The van der Waals surface area contributed by atoms with E-state index in [9.17, 15) is 14.4 Å². The van der Waals surface area contributed by atoms with Gasteiger partial charge in [-0.05, 0) is 48.2 Å². The molecule has 8 heteroatoms. The first-order valence-corrected chi connectivity index (χ1v) is 9.77. The fourth-order valence-corrected chi connectivity index (χ4v) is 3.31. The Morgan fingerprint density at radius 3 is 2.87 bits per heavy atom. The van der Waals surface area contributed by atoms with Crippen molar-refractivity contribution < 1.29 is 19.1 Å². The van der Waals surface area contributed by atoms with Crippen molar-refractivity contribution >= 4 is 40.0 Å². The normalized spacial score (nSPS) is 13.0. The summed E-state index contributed by atoms with van der Waals surface area (Å²) < 4.78 is 5.47. The molecule has 0 aliphatic carbocycles. The summed E-state index contributed by atoms with van der Waals surface area (Å²) in [6.45, 7) is 2.27. The van der Waals surface area contributed by atoms with Crippen LogP contribution in [-0.2, 0) is 9.59 Å². The maximum absolute atomic E-state index is 12.7. The van der Waals surface area contributed by atoms with Crippen molar-refractivity contribution in [2.45, 2.75) is 13.3 Å². The SMILES string of the molecule is CCCNC(=O)CN1C(=O)COc2ccc(NC(=O)c3ccc4cc[nH]c4c3)cc21. The molecule has 0 saturated heterocycles. The number of carbonyl (C=O) groups is 3. The number of H-pyrrole nitrogens is 1. The molecule has 3 N–H and O–H groups in total. The first-order chi connectivity index (χ1) is 14.5. The summed E-state index contributed by atoms with van der Waals surface area (Å²) in [5.41, 5.74) is 2.33. The van der Waals surface area contributed by atoms with Gasteiger partial charge >= 0.3 is 0 Å². The highest BCUT2D eigenvalue weighted by atomic mass is 16.5. The van der Waals surface area contributed by atoms with Crippen LogP contribution in [0.25, 0.3) is 10.9 Å². The van der Waals surface area contributed by atoms with Crippen molar-refractivity contribution in [2.24, 2.45) is 0 Å². The Hall–Kier alpha value is -3.81. The van der Waals surface area contributed by atoms with Crippen molar-refractivity contribution in [3.8, 4) is 5.75 Å². The van der Waals surface area contributed by atoms with E-state index in [1.807, 2.05) is 25.3 Å². The van der Waals surface area contributed by atoms with E-state index in [0.29, 0.717) is 29.2 Å².